The zero-order valence-electron chi connectivity index (χ0n) is 11.9. The standard InChI is InChI=1S/C17H23NO/c1-3-6-16(11-12-18-2)19-17-10-9-14-7-4-5-8-15(14)13-17/h4-5,7-10,13,16,18H,3,6,11-12H2,1-2H3/t16-/m1/s1. The molecule has 0 aliphatic heterocycles. The van der Waals surface area contributed by atoms with Crippen molar-refractivity contribution >= 4 is 10.8 Å². The van der Waals surface area contributed by atoms with E-state index in [-0.39, 0.29) is 0 Å². The van der Waals surface area contributed by atoms with Gasteiger partial charge in [-0.15, -0.1) is 0 Å². The highest BCUT2D eigenvalue weighted by Gasteiger charge is 2.09. The van der Waals surface area contributed by atoms with Crippen LogP contribution in [0.15, 0.2) is 42.5 Å². The minimum Gasteiger partial charge on any atom is -0.490 e. The normalized spacial score (nSPS) is 12.5. The topological polar surface area (TPSA) is 21.3 Å². The van der Waals surface area contributed by atoms with Gasteiger partial charge in [0.15, 0.2) is 0 Å². The lowest BCUT2D eigenvalue weighted by Crippen LogP contribution is -2.22. The minimum atomic E-state index is 0.304. The van der Waals surface area contributed by atoms with Crippen LogP contribution in [0.1, 0.15) is 26.2 Å². The molecule has 2 nitrogen and oxygen atoms in total. The average Bonchev–Trinajstić information content (AvgIpc) is 2.45. The Morgan fingerprint density at radius 1 is 1.05 bits per heavy atom. The summed E-state index contributed by atoms with van der Waals surface area (Å²) in [5.74, 6) is 0.980. The van der Waals surface area contributed by atoms with Gasteiger partial charge in [-0.1, -0.05) is 43.7 Å². The van der Waals surface area contributed by atoms with Gasteiger partial charge in [0.25, 0.3) is 0 Å². The van der Waals surface area contributed by atoms with E-state index in [0.29, 0.717) is 6.10 Å². The fourth-order valence-electron chi connectivity index (χ4n) is 2.32. The molecule has 1 atom stereocenters. The molecule has 2 aromatic carbocycles. The highest BCUT2D eigenvalue weighted by atomic mass is 16.5. The lowest BCUT2D eigenvalue weighted by molar-refractivity contribution is 0.180. The first-order chi connectivity index (χ1) is 9.33. The smallest absolute Gasteiger partial charge is 0.120 e. The van der Waals surface area contributed by atoms with E-state index in [1.165, 1.54) is 10.8 Å². The van der Waals surface area contributed by atoms with E-state index >= 15 is 0 Å². The Labute approximate surface area is 115 Å². The summed E-state index contributed by atoms with van der Waals surface area (Å²) < 4.78 is 6.13. The second-order valence-corrected chi connectivity index (χ2v) is 4.93. The predicted molar refractivity (Wildman–Crippen MR) is 81.8 cm³/mol. The number of nitrogens with one attached hydrogen (secondary N) is 1. The molecule has 2 heteroatoms. The lowest BCUT2D eigenvalue weighted by Gasteiger charge is -2.18. The summed E-state index contributed by atoms with van der Waals surface area (Å²) in [7, 11) is 1.99. The summed E-state index contributed by atoms with van der Waals surface area (Å²) in [6, 6.07) is 14.7. The van der Waals surface area contributed by atoms with Crippen LogP contribution in [0.4, 0.5) is 0 Å². The quantitative estimate of drug-likeness (QED) is 0.809. The second-order valence-electron chi connectivity index (χ2n) is 4.93. The summed E-state index contributed by atoms with van der Waals surface area (Å²) in [5.41, 5.74) is 0. The Kier molecular flexibility index (Phi) is 5.22. The number of rotatable bonds is 7. The van der Waals surface area contributed by atoms with Gasteiger partial charge in [0, 0.05) is 0 Å². The van der Waals surface area contributed by atoms with Gasteiger partial charge in [-0.05, 0) is 49.3 Å². The number of ether oxygens (including phenoxy) is 1. The lowest BCUT2D eigenvalue weighted by atomic mass is 10.1. The van der Waals surface area contributed by atoms with Gasteiger partial charge in [0.05, 0.1) is 6.10 Å². The molecule has 2 rings (SSSR count). The Balaban J connectivity index is 2.09. The van der Waals surface area contributed by atoms with Gasteiger partial charge in [0.1, 0.15) is 5.75 Å². The van der Waals surface area contributed by atoms with Gasteiger partial charge in [-0.2, -0.15) is 0 Å². The van der Waals surface area contributed by atoms with E-state index in [1.807, 2.05) is 7.05 Å². The molecule has 1 N–H and O–H groups in total. The highest BCUT2D eigenvalue weighted by Crippen LogP contribution is 2.22. The van der Waals surface area contributed by atoms with Crippen molar-refractivity contribution in [1.29, 1.82) is 0 Å². The zero-order valence-corrected chi connectivity index (χ0v) is 11.9. The van der Waals surface area contributed by atoms with Gasteiger partial charge < -0.3 is 10.1 Å². The molecule has 0 saturated heterocycles. The summed E-state index contributed by atoms with van der Waals surface area (Å²) in [5, 5.41) is 5.69. The fraction of sp³-hybridized carbons (Fsp3) is 0.412. The second kappa shape index (κ2) is 7.15. The van der Waals surface area contributed by atoms with E-state index in [1.54, 1.807) is 0 Å². The van der Waals surface area contributed by atoms with Crippen molar-refractivity contribution < 1.29 is 4.74 Å². The summed E-state index contributed by atoms with van der Waals surface area (Å²) in [6.07, 6.45) is 3.62. The van der Waals surface area contributed by atoms with Crippen LogP contribution in [-0.4, -0.2) is 19.7 Å². The van der Waals surface area contributed by atoms with Gasteiger partial charge >= 0.3 is 0 Å². The van der Waals surface area contributed by atoms with Gasteiger partial charge in [-0.3, -0.25) is 0 Å². The summed E-state index contributed by atoms with van der Waals surface area (Å²) >= 11 is 0. The van der Waals surface area contributed by atoms with E-state index in [4.69, 9.17) is 4.74 Å². The van der Waals surface area contributed by atoms with Crippen LogP contribution < -0.4 is 10.1 Å². The Morgan fingerprint density at radius 2 is 1.84 bits per heavy atom. The first kappa shape index (κ1) is 13.9. The number of hydrogen-bond acceptors (Lipinski definition) is 2. The first-order valence-corrected chi connectivity index (χ1v) is 7.13. The van der Waals surface area contributed by atoms with Crippen molar-refractivity contribution in [2.45, 2.75) is 32.3 Å². The first-order valence-electron chi connectivity index (χ1n) is 7.13. The Bertz CT molecular complexity index is 509. The molecule has 0 amide bonds. The molecule has 0 radical (unpaired) electrons. The summed E-state index contributed by atoms with van der Waals surface area (Å²) in [6.45, 7) is 3.20. The number of benzene rings is 2. The number of fused-ring (bicyclic) bond motifs is 1. The van der Waals surface area contributed by atoms with Crippen LogP contribution in [0, 0.1) is 0 Å². The van der Waals surface area contributed by atoms with Crippen LogP contribution in [0.5, 0.6) is 5.75 Å². The SMILES string of the molecule is CCC[C@H](CCNC)Oc1ccc2ccccc2c1. The molecule has 19 heavy (non-hydrogen) atoms. The molecule has 0 aromatic heterocycles. The van der Waals surface area contributed by atoms with Crippen molar-refractivity contribution in [3.63, 3.8) is 0 Å². The van der Waals surface area contributed by atoms with Crippen molar-refractivity contribution in [2.75, 3.05) is 13.6 Å². The molecule has 0 aliphatic rings. The molecule has 0 bridgehead atoms. The third-order valence-corrected chi connectivity index (χ3v) is 3.35. The van der Waals surface area contributed by atoms with Crippen molar-refractivity contribution in [2.24, 2.45) is 0 Å². The van der Waals surface area contributed by atoms with E-state index in [2.05, 4.69) is 54.7 Å². The van der Waals surface area contributed by atoms with Crippen LogP contribution >= 0.6 is 0 Å². The van der Waals surface area contributed by atoms with Crippen molar-refractivity contribution in [1.82, 2.24) is 5.32 Å². The van der Waals surface area contributed by atoms with Gasteiger partial charge in [-0.25, -0.2) is 0 Å². The fourth-order valence-corrected chi connectivity index (χ4v) is 2.32. The van der Waals surface area contributed by atoms with Gasteiger partial charge in [0.2, 0.25) is 0 Å². The van der Waals surface area contributed by atoms with Crippen LogP contribution in [0.2, 0.25) is 0 Å². The average molecular weight is 257 g/mol. The molecule has 0 heterocycles. The van der Waals surface area contributed by atoms with E-state index in [9.17, 15) is 0 Å². The van der Waals surface area contributed by atoms with E-state index in [0.717, 1.165) is 31.6 Å². The maximum absolute atomic E-state index is 6.13. The van der Waals surface area contributed by atoms with Crippen LogP contribution in [0.25, 0.3) is 10.8 Å². The Morgan fingerprint density at radius 3 is 2.58 bits per heavy atom. The third-order valence-electron chi connectivity index (χ3n) is 3.35. The molecule has 0 fully saturated rings. The predicted octanol–water partition coefficient (Wildman–Crippen LogP) is 4.00. The Hall–Kier alpha value is -1.54. The van der Waals surface area contributed by atoms with Crippen molar-refractivity contribution in [3.05, 3.63) is 42.5 Å². The molecular weight excluding hydrogens is 234 g/mol. The molecule has 102 valence electrons. The molecule has 0 saturated carbocycles. The number of hydrogen-bond donors (Lipinski definition) is 1. The third kappa shape index (κ3) is 3.97. The van der Waals surface area contributed by atoms with Crippen molar-refractivity contribution in [3.8, 4) is 5.75 Å². The zero-order chi connectivity index (χ0) is 13.5. The molecule has 0 spiro atoms. The maximum Gasteiger partial charge on any atom is 0.120 e. The molecule has 2 aromatic rings. The van der Waals surface area contributed by atoms with Crippen LogP contribution in [0.3, 0.4) is 0 Å². The van der Waals surface area contributed by atoms with Crippen LogP contribution in [-0.2, 0) is 0 Å². The largest absolute Gasteiger partial charge is 0.490 e. The summed E-state index contributed by atoms with van der Waals surface area (Å²) in [4.78, 5) is 0. The van der Waals surface area contributed by atoms with E-state index < -0.39 is 0 Å². The monoisotopic (exact) mass is 257 g/mol. The minimum absolute atomic E-state index is 0.304. The maximum atomic E-state index is 6.13. The molecular formula is C17H23NO. The molecule has 0 unspecified atom stereocenters. The highest BCUT2D eigenvalue weighted by molar-refractivity contribution is 5.83. The molecule has 0 aliphatic carbocycles.